The molecule has 1 saturated heterocycles. The van der Waals surface area contributed by atoms with Gasteiger partial charge in [-0.25, -0.2) is 4.39 Å². The van der Waals surface area contributed by atoms with Crippen molar-refractivity contribution in [3.8, 4) is 0 Å². The first-order valence-electron chi connectivity index (χ1n) is 6.20. The van der Waals surface area contributed by atoms with Gasteiger partial charge in [-0.2, -0.15) is 0 Å². The first-order valence-corrected chi connectivity index (χ1v) is 6.20. The summed E-state index contributed by atoms with van der Waals surface area (Å²) >= 11 is 0. The van der Waals surface area contributed by atoms with Crippen LogP contribution >= 0.6 is 0 Å². The fourth-order valence-electron chi connectivity index (χ4n) is 2.11. The lowest BCUT2D eigenvalue weighted by molar-refractivity contribution is -0.128. The molecule has 0 spiro atoms. The molecule has 102 valence electrons. The molecule has 0 saturated carbocycles. The molecule has 2 rings (SSSR count). The van der Waals surface area contributed by atoms with Crippen molar-refractivity contribution in [1.82, 2.24) is 5.32 Å². The molecular formula is C14H17FN2O2. The Labute approximate surface area is 111 Å². The van der Waals surface area contributed by atoms with E-state index >= 15 is 0 Å². The first kappa shape index (κ1) is 13.5. The molecule has 0 atom stereocenters. The SMILES string of the molecule is Cc1ccc(N2CCC(=O)NC(C)(C)C2=O)cc1F. The molecule has 0 aromatic heterocycles. The van der Waals surface area contributed by atoms with E-state index in [2.05, 4.69) is 5.32 Å². The fraction of sp³-hybridized carbons (Fsp3) is 0.429. The maximum atomic E-state index is 13.6. The average molecular weight is 264 g/mol. The zero-order valence-electron chi connectivity index (χ0n) is 11.3. The van der Waals surface area contributed by atoms with E-state index in [0.29, 0.717) is 11.3 Å². The largest absolute Gasteiger partial charge is 0.342 e. The normalized spacial score (nSPS) is 19.1. The van der Waals surface area contributed by atoms with Crippen LogP contribution in [0.5, 0.6) is 0 Å². The molecule has 4 nitrogen and oxygen atoms in total. The van der Waals surface area contributed by atoms with E-state index in [4.69, 9.17) is 0 Å². The van der Waals surface area contributed by atoms with E-state index in [1.54, 1.807) is 32.9 Å². The van der Waals surface area contributed by atoms with E-state index < -0.39 is 5.54 Å². The van der Waals surface area contributed by atoms with Crippen LogP contribution in [0.4, 0.5) is 10.1 Å². The minimum Gasteiger partial charge on any atom is -0.342 e. The number of amides is 2. The van der Waals surface area contributed by atoms with Gasteiger partial charge in [0.15, 0.2) is 0 Å². The maximum absolute atomic E-state index is 13.6. The van der Waals surface area contributed by atoms with Crippen molar-refractivity contribution in [3.63, 3.8) is 0 Å². The van der Waals surface area contributed by atoms with Crippen molar-refractivity contribution in [2.75, 3.05) is 11.4 Å². The van der Waals surface area contributed by atoms with Gasteiger partial charge in [-0.3, -0.25) is 9.59 Å². The summed E-state index contributed by atoms with van der Waals surface area (Å²) in [5, 5.41) is 2.67. The summed E-state index contributed by atoms with van der Waals surface area (Å²) in [5.74, 6) is -0.762. The molecule has 0 unspecified atom stereocenters. The van der Waals surface area contributed by atoms with Gasteiger partial charge in [0, 0.05) is 18.7 Å². The number of benzene rings is 1. The van der Waals surface area contributed by atoms with Gasteiger partial charge in [-0.1, -0.05) is 6.07 Å². The van der Waals surface area contributed by atoms with Gasteiger partial charge in [0.1, 0.15) is 11.4 Å². The van der Waals surface area contributed by atoms with Gasteiger partial charge >= 0.3 is 0 Å². The second kappa shape index (κ2) is 4.64. The summed E-state index contributed by atoms with van der Waals surface area (Å²) in [6.07, 6.45) is 0.213. The lowest BCUT2D eigenvalue weighted by atomic mass is 10.0. The Kier molecular flexibility index (Phi) is 3.30. The van der Waals surface area contributed by atoms with Gasteiger partial charge in [0.25, 0.3) is 5.91 Å². The number of hydrogen-bond acceptors (Lipinski definition) is 2. The summed E-state index contributed by atoms with van der Waals surface area (Å²) < 4.78 is 13.6. The zero-order chi connectivity index (χ0) is 14.2. The number of carbonyl (C=O) groups is 2. The molecule has 5 heteroatoms. The molecule has 1 aliphatic heterocycles. The van der Waals surface area contributed by atoms with Crippen molar-refractivity contribution in [3.05, 3.63) is 29.6 Å². The first-order chi connectivity index (χ1) is 8.81. The number of nitrogens with one attached hydrogen (secondary N) is 1. The number of halogens is 1. The van der Waals surface area contributed by atoms with E-state index in [9.17, 15) is 14.0 Å². The van der Waals surface area contributed by atoms with Crippen LogP contribution in [-0.4, -0.2) is 23.9 Å². The smallest absolute Gasteiger partial charge is 0.252 e. The van der Waals surface area contributed by atoms with Gasteiger partial charge in [-0.15, -0.1) is 0 Å². The van der Waals surface area contributed by atoms with Gasteiger partial charge in [0.05, 0.1) is 0 Å². The minimum atomic E-state index is -0.977. The number of hydrogen-bond donors (Lipinski definition) is 1. The highest BCUT2D eigenvalue weighted by molar-refractivity contribution is 6.03. The van der Waals surface area contributed by atoms with Crippen molar-refractivity contribution < 1.29 is 14.0 Å². The highest BCUT2D eigenvalue weighted by atomic mass is 19.1. The third kappa shape index (κ3) is 2.59. The summed E-state index contributed by atoms with van der Waals surface area (Å²) in [4.78, 5) is 25.4. The number of carbonyl (C=O) groups excluding carboxylic acids is 2. The lowest BCUT2D eigenvalue weighted by Gasteiger charge is -2.29. The van der Waals surface area contributed by atoms with E-state index in [-0.39, 0.29) is 30.6 Å². The highest BCUT2D eigenvalue weighted by Gasteiger charge is 2.37. The van der Waals surface area contributed by atoms with Gasteiger partial charge in [0.2, 0.25) is 5.91 Å². The summed E-state index contributed by atoms with van der Waals surface area (Å²) in [7, 11) is 0. The van der Waals surface area contributed by atoms with Crippen LogP contribution < -0.4 is 10.2 Å². The Bertz CT molecular complexity index is 540. The Hall–Kier alpha value is -1.91. The monoisotopic (exact) mass is 264 g/mol. The molecule has 0 bridgehead atoms. The van der Waals surface area contributed by atoms with E-state index in [1.165, 1.54) is 11.0 Å². The average Bonchev–Trinajstić information content (AvgIpc) is 2.41. The zero-order valence-corrected chi connectivity index (χ0v) is 11.3. The molecule has 19 heavy (non-hydrogen) atoms. The summed E-state index contributed by atoms with van der Waals surface area (Å²) in [6.45, 7) is 5.22. The molecule has 0 aliphatic carbocycles. The number of anilines is 1. The lowest BCUT2D eigenvalue weighted by Crippen LogP contribution is -2.53. The molecule has 1 heterocycles. The summed E-state index contributed by atoms with van der Waals surface area (Å²) in [5.41, 5.74) is 0.0340. The van der Waals surface area contributed by atoms with Crippen LogP contribution in [0.1, 0.15) is 25.8 Å². The molecule has 1 aromatic carbocycles. The van der Waals surface area contributed by atoms with Crippen LogP contribution in [-0.2, 0) is 9.59 Å². The maximum Gasteiger partial charge on any atom is 0.252 e. The van der Waals surface area contributed by atoms with Crippen LogP contribution in [0.2, 0.25) is 0 Å². The third-order valence-corrected chi connectivity index (χ3v) is 3.26. The second-order valence-corrected chi connectivity index (χ2v) is 5.31. The second-order valence-electron chi connectivity index (χ2n) is 5.31. The quantitative estimate of drug-likeness (QED) is 0.840. The molecular weight excluding hydrogens is 247 g/mol. The molecule has 1 aromatic rings. The van der Waals surface area contributed by atoms with Gasteiger partial charge < -0.3 is 10.2 Å². The fourth-order valence-corrected chi connectivity index (χ4v) is 2.11. The topological polar surface area (TPSA) is 49.4 Å². The predicted molar refractivity (Wildman–Crippen MR) is 70.3 cm³/mol. The number of nitrogens with zero attached hydrogens (tertiary/aromatic N) is 1. The van der Waals surface area contributed by atoms with Crippen LogP contribution in [0, 0.1) is 12.7 Å². The van der Waals surface area contributed by atoms with Crippen molar-refractivity contribution >= 4 is 17.5 Å². The standard InChI is InChI=1S/C14H17FN2O2/c1-9-4-5-10(8-11(9)15)17-7-6-12(18)16-14(2,3)13(17)19/h4-5,8H,6-7H2,1-3H3,(H,16,18). The van der Waals surface area contributed by atoms with Gasteiger partial charge in [-0.05, 0) is 38.5 Å². The molecule has 1 N–H and O–H groups in total. The van der Waals surface area contributed by atoms with Crippen molar-refractivity contribution in [2.24, 2.45) is 0 Å². The predicted octanol–water partition coefficient (Wildman–Crippen LogP) is 1.77. The van der Waals surface area contributed by atoms with Crippen molar-refractivity contribution in [2.45, 2.75) is 32.7 Å². The Morgan fingerprint density at radius 1 is 1.32 bits per heavy atom. The Morgan fingerprint density at radius 3 is 2.63 bits per heavy atom. The summed E-state index contributed by atoms with van der Waals surface area (Å²) in [6, 6.07) is 4.66. The number of rotatable bonds is 1. The molecule has 0 radical (unpaired) electrons. The van der Waals surface area contributed by atoms with E-state index in [1.807, 2.05) is 0 Å². The third-order valence-electron chi connectivity index (χ3n) is 3.26. The number of aryl methyl sites for hydroxylation is 1. The Morgan fingerprint density at radius 2 is 2.00 bits per heavy atom. The minimum absolute atomic E-state index is 0.173. The van der Waals surface area contributed by atoms with E-state index in [0.717, 1.165) is 0 Å². The van der Waals surface area contributed by atoms with Crippen LogP contribution in [0.15, 0.2) is 18.2 Å². The van der Waals surface area contributed by atoms with Crippen molar-refractivity contribution in [1.29, 1.82) is 0 Å². The molecule has 2 amide bonds. The molecule has 1 fully saturated rings. The highest BCUT2D eigenvalue weighted by Crippen LogP contribution is 2.23. The molecule has 1 aliphatic rings. The van der Waals surface area contributed by atoms with Crippen LogP contribution in [0.25, 0.3) is 0 Å². The van der Waals surface area contributed by atoms with Crippen LogP contribution in [0.3, 0.4) is 0 Å². The Balaban J connectivity index is 2.39.